The van der Waals surface area contributed by atoms with Gasteiger partial charge in [0.15, 0.2) is 0 Å². The second-order valence-electron chi connectivity index (χ2n) is 6.57. The summed E-state index contributed by atoms with van der Waals surface area (Å²) in [5, 5.41) is 3.92. The number of rotatable bonds is 5. The van der Waals surface area contributed by atoms with Gasteiger partial charge in [0.2, 0.25) is 5.91 Å². The van der Waals surface area contributed by atoms with E-state index in [9.17, 15) is 4.79 Å². The number of carbonyl (C=O) groups excluding carboxylic acids is 1. The summed E-state index contributed by atoms with van der Waals surface area (Å²) in [6.07, 6.45) is 1.96. The van der Waals surface area contributed by atoms with Crippen LogP contribution < -0.4 is 10.1 Å². The van der Waals surface area contributed by atoms with Crippen molar-refractivity contribution in [2.45, 2.75) is 33.1 Å². The van der Waals surface area contributed by atoms with Crippen molar-refractivity contribution in [3.63, 3.8) is 0 Å². The third-order valence-electron chi connectivity index (χ3n) is 4.39. The molecule has 130 valence electrons. The van der Waals surface area contributed by atoms with Gasteiger partial charge in [-0.2, -0.15) is 0 Å². The molecular weight excluding hydrogens is 314 g/mol. The van der Waals surface area contributed by atoms with Crippen molar-refractivity contribution < 1.29 is 13.9 Å². The van der Waals surface area contributed by atoms with Gasteiger partial charge >= 0.3 is 0 Å². The number of nitrogens with one attached hydrogen (secondary N) is 1. The predicted octanol–water partition coefficient (Wildman–Crippen LogP) is 5.05. The van der Waals surface area contributed by atoms with Crippen LogP contribution in [0, 0.1) is 6.92 Å². The quantitative estimate of drug-likeness (QED) is 0.708. The Morgan fingerprint density at radius 2 is 1.92 bits per heavy atom. The molecule has 4 heteroatoms. The first-order valence-electron chi connectivity index (χ1n) is 8.42. The predicted molar refractivity (Wildman–Crippen MR) is 100 cm³/mol. The van der Waals surface area contributed by atoms with E-state index in [1.165, 1.54) is 11.1 Å². The molecule has 0 spiro atoms. The van der Waals surface area contributed by atoms with Gasteiger partial charge in [-0.1, -0.05) is 13.8 Å². The molecule has 1 N–H and O–H groups in total. The minimum atomic E-state index is -0.0699. The number of benzene rings is 2. The molecule has 0 radical (unpaired) electrons. The molecule has 0 atom stereocenters. The maximum absolute atomic E-state index is 12.4. The molecule has 0 aliphatic rings. The average Bonchev–Trinajstić information content (AvgIpc) is 2.96. The zero-order chi connectivity index (χ0) is 18.0. The molecular formula is C21H23NO3. The zero-order valence-corrected chi connectivity index (χ0v) is 15.1. The summed E-state index contributed by atoms with van der Waals surface area (Å²) < 4.78 is 10.8. The van der Waals surface area contributed by atoms with Crippen LogP contribution in [0.2, 0.25) is 0 Å². The Balaban J connectivity index is 1.79. The van der Waals surface area contributed by atoms with Gasteiger partial charge < -0.3 is 14.5 Å². The molecule has 2 aromatic carbocycles. The van der Waals surface area contributed by atoms with E-state index in [-0.39, 0.29) is 12.3 Å². The van der Waals surface area contributed by atoms with E-state index in [0.717, 1.165) is 28.0 Å². The normalized spacial score (nSPS) is 11.1. The largest absolute Gasteiger partial charge is 0.497 e. The number of hydrogen-bond donors (Lipinski definition) is 1. The second-order valence-corrected chi connectivity index (χ2v) is 6.57. The minimum Gasteiger partial charge on any atom is -0.497 e. The summed E-state index contributed by atoms with van der Waals surface area (Å²) in [7, 11) is 1.62. The first-order valence-corrected chi connectivity index (χ1v) is 8.42. The Bertz CT molecular complexity index is 891. The fourth-order valence-electron chi connectivity index (χ4n) is 3.06. The van der Waals surface area contributed by atoms with Gasteiger partial charge in [-0.25, -0.2) is 0 Å². The van der Waals surface area contributed by atoms with Crippen molar-refractivity contribution in [3.05, 3.63) is 59.4 Å². The molecule has 25 heavy (non-hydrogen) atoms. The maximum Gasteiger partial charge on any atom is 0.228 e. The Morgan fingerprint density at radius 3 is 2.56 bits per heavy atom. The first-order chi connectivity index (χ1) is 12.0. The maximum atomic E-state index is 12.4. The number of hydrogen-bond acceptors (Lipinski definition) is 3. The Morgan fingerprint density at radius 1 is 1.20 bits per heavy atom. The lowest BCUT2D eigenvalue weighted by Crippen LogP contribution is -2.14. The lowest BCUT2D eigenvalue weighted by molar-refractivity contribution is -0.115. The van der Waals surface area contributed by atoms with Crippen LogP contribution in [0.25, 0.3) is 11.0 Å². The molecule has 3 rings (SSSR count). The van der Waals surface area contributed by atoms with Gasteiger partial charge in [-0.3, -0.25) is 4.79 Å². The molecule has 0 fully saturated rings. The summed E-state index contributed by atoms with van der Waals surface area (Å²) >= 11 is 0. The molecule has 1 amide bonds. The molecule has 0 unspecified atom stereocenters. The fourth-order valence-corrected chi connectivity index (χ4v) is 3.06. The highest BCUT2D eigenvalue weighted by Crippen LogP contribution is 2.29. The van der Waals surface area contributed by atoms with Crippen LogP contribution in [0.15, 0.2) is 47.1 Å². The SMILES string of the molecule is COc1ccc(NC(=O)Cc2coc3cc(C)c(C(C)C)cc23)cc1. The van der Waals surface area contributed by atoms with Gasteiger partial charge in [-0.05, 0) is 60.4 Å². The summed E-state index contributed by atoms with van der Waals surface area (Å²) in [5.41, 5.74) is 4.98. The van der Waals surface area contributed by atoms with Crippen LogP contribution in [0.3, 0.4) is 0 Å². The number of fused-ring (bicyclic) bond motifs is 1. The van der Waals surface area contributed by atoms with E-state index >= 15 is 0 Å². The number of ether oxygens (including phenoxy) is 1. The summed E-state index contributed by atoms with van der Waals surface area (Å²) in [6, 6.07) is 11.5. The zero-order valence-electron chi connectivity index (χ0n) is 15.1. The van der Waals surface area contributed by atoms with Gasteiger partial charge in [0, 0.05) is 16.6 Å². The second kappa shape index (κ2) is 7.01. The van der Waals surface area contributed by atoms with E-state index in [0.29, 0.717) is 5.92 Å². The molecule has 1 aromatic heterocycles. The Hall–Kier alpha value is -2.75. The number of amides is 1. The third-order valence-corrected chi connectivity index (χ3v) is 4.39. The lowest BCUT2D eigenvalue weighted by atomic mass is 9.95. The number of furan rings is 1. The molecule has 3 aromatic rings. The summed E-state index contributed by atoms with van der Waals surface area (Å²) in [6.45, 7) is 6.43. The highest BCUT2D eigenvalue weighted by Gasteiger charge is 2.14. The standard InChI is InChI=1S/C21H23NO3/c1-13(2)18-11-19-15(12-25-20(19)9-14(18)3)10-21(23)22-16-5-7-17(24-4)8-6-16/h5-9,11-13H,10H2,1-4H3,(H,22,23). The lowest BCUT2D eigenvalue weighted by Gasteiger charge is -2.10. The van der Waals surface area contributed by atoms with Crippen molar-refractivity contribution >= 4 is 22.6 Å². The van der Waals surface area contributed by atoms with Crippen LogP contribution in [0.4, 0.5) is 5.69 Å². The van der Waals surface area contributed by atoms with Crippen LogP contribution >= 0.6 is 0 Å². The monoisotopic (exact) mass is 337 g/mol. The van der Waals surface area contributed by atoms with Crippen LogP contribution in [-0.4, -0.2) is 13.0 Å². The molecule has 0 aliphatic carbocycles. The van der Waals surface area contributed by atoms with Gasteiger partial charge in [0.25, 0.3) is 0 Å². The van der Waals surface area contributed by atoms with E-state index in [1.807, 2.05) is 24.3 Å². The number of methoxy groups -OCH3 is 1. The number of anilines is 1. The smallest absolute Gasteiger partial charge is 0.228 e. The Labute approximate surface area is 147 Å². The Kier molecular flexibility index (Phi) is 4.79. The van der Waals surface area contributed by atoms with Crippen LogP contribution in [0.5, 0.6) is 5.75 Å². The van der Waals surface area contributed by atoms with E-state index in [4.69, 9.17) is 9.15 Å². The van der Waals surface area contributed by atoms with E-state index < -0.39 is 0 Å². The topological polar surface area (TPSA) is 51.5 Å². The van der Waals surface area contributed by atoms with Crippen molar-refractivity contribution in [1.82, 2.24) is 0 Å². The fraction of sp³-hybridized carbons (Fsp3) is 0.286. The molecule has 0 bridgehead atoms. The first kappa shape index (κ1) is 17.1. The number of carbonyl (C=O) groups is 1. The van der Waals surface area contributed by atoms with Crippen molar-refractivity contribution in [2.24, 2.45) is 0 Å². The van der Waals surface area contributed by atoms with Crippen LogP contribution in [-0.2, 0) is 11.2 Å². The summed E-state index contributed by atoms with van der Waals surface area (Å²) in [4.78, 5) is 12.4. The minimum absolute atomic E-state index is 0.0699. The average molecular weight is 337 g/mol. The molecule has 0 aliphatic heterocycles. The van der Waals surface area contributed by atoms with Crippen LogP contribution in [0.1, 0.15) is 36.5 Å². The molecule has 1 heterocycles. The van der Waals surface area contributed by atoms with Crippen molar-refractivity contribution in [2.75, 3.05) is 12.4 Å². The highest BCUT2D eigenvalue weighted by atomic mass is 16.5. The van der Waals surface area contributed by atoms with Crippen molar-refractivity contribution in [1.29, 1.82) is 0 Å². The molecule has 4 nitrogen and oxygen atoms in total. The molecule has 0 saturated carbocycles. The van der Waals surface area contributed by atoms with Gasteiger partial charge in [0.05, 0.1) is 19.8 Å². The number of aryl methyl sites for hydroxylation is 1. The molecule has 0 saturated heterocycles. The van der Waals surface area contributed by atoms with E-state index in [2.05, 4.69) is 38.2 Å². The third kappa shape index (κ3) is 3.68. The van der Waals surface area contributed by atoms with Crippen molar-refractivity contribution in [3.8, 4) is 5.75 Å². The highest BCUT2D eigenvalue weighted by molar-refractivity contribution is 5.95. The van der Waals surface area contributed by atoms with Gasteiger partial charge in [-0.15, -0.1) is 0 Å². The van der Waals surface area contributed by atoms with E-state index in [1.54, 1.807) is 13.4 Å². The summed E-state index contributed by atoms with van der Waals surface area (Å²) in [5.74, 6) is 1.12. The van der Waals surface area contributed by atoms with Gasteiger partial charge in [0.1, 0.15) is 11.3 Å².